The molecule has 0 heteroatoms. The Bertz CT molecular complexity index is 676. The Balaban J connectivity index is 2.52. The fraction of sp³-hybridized carbons (Fsp3) is 0.0588. The van der Waals surface area contributed by atoms with E-state index in [4.69, 9.17) is 6.42 Å². The van der Waals surface area contributed by atoms with Gasteiger partial charge in [-0.05, 0) is 39.6 Å². The quantitative estimate of drug-likeness (QED) is 0.423. The van der Waals surface area contributed by atoms with Crippen molar-refractivity contribution in [2.45, 2.75) is 6.42 Å². The van der Waals surface area contributed by atoms with Gasteiger partial charge in [-0.25, -0.2) is 0 Å². The van der Waals surface area contributed by atoms with Crippen LogP contribution in [0.1, 0.15) is 5.56 Å². The molecule has 0 saturated heterocycles. The van der Waals surface area contributed by atoms with Crippen LogP contribution in [0.15, 0.2) is 54.6 Å². The molecule has 0 amide bonds. The van der Waals surface area contributed by atoms with Crippen molar-refractivity contribution < 1.29 is 0 Å². The highest BCUT2D eigenvalue weighted by Crippen LogP contribution is 2.28. The minimum Gasteiger partial charge on any atom is -0.0843 e. The Labute approximate surface area is 101 Å². The molecule has 79 valence electrons. The number of hydrogen-bond donors (Lipinski definition) is 0. The molecule has 0 fully saturated rings. The lowest BCUT2D eigenvalue weighted by molar-refractivity contribution is 1.39. The van der Waals surface area contributed by atoms with E-state index >= 15 is 0 Å². The molecule has 0 saturated carbocycles. The molecule has 0 bridgehead atoms. The van der Waals surface area contributed by atoms with E-state index in [2.05, 4.69) is 48.4 Å². The summed E-state index contributed by atoms with van der Waals surface area (Å²) in [6.45, 7) is 0. The van der Waals surface area contributed by atoms with E-state index in [1.54, 1.807) is 0 Å². The van der Waals surface area contributed by atoms with Gasteiger partial charge in [0.05, 0.1) is 0 Å². The van der Waals surface area contributed by atoms with Crippen molar-refractivity contribution >= 4 is 21.5 Å². The maximum atomic E-state index is 7.24. The fourth-order valence-electron chi connectivity index (χ4n) is 2.39. The second-order valence-electron chi connectivity index (χ2n) is 4.15. The zero-order valence-electron chi connectivity index (χ0n) is 9.40. The second-order valence-corrected chi connectivity index (χ2v) is 4.15. The molecule has 17 heavy (non-hydrogen) atoms. The number of fused-ring (bicyclic) bond motifs is 2. The van der Waals surface area contributed by atoms with Crippen LogP contribution in [0.25, 0.3) is 21.5 Å². The van der Waals surface area contributed by atoms with E-state index < -0.39 is 0 Å². The monoisotopic (exact) mass is 215 g/mol. The van der Waals surface area contributed by atoms with Gasteiger partial charge in [-0.3, -0.25) is 0 Å². The third-order valence-corrected chi connectivity index (χ3v) is 3.15. The lowest BCUT2D eigenvalue weighted by atomic mass is 9.95. The first-order chi connectivity index (χ1) is 8.40. The summed E-state index contributed by atoms with van der Waals surface area (Å²) in [5.41, 5.74) is 1.20. The average Bonchev–Trinajstić information content (AvgIpc) is 2.39. The van der Waals surface area contributed by atoms with Crippen LogP contribution >= 0.6 is 0 Å². The van der Waals surface area contributed by atoms with Crippen molar-refractivity contribution in [3.63, 3.8) is 0 Å². The highest BCUT2D eigenvalue weighted by molar-refractivity contribution is 6.02. The maximum absolute atomic E-state index is 7.24. The standard InChI is InChI=1S/C17H11/c1-2-7-17-15-10-5-3-8-13(15)12-14-9-4-6-11-16(14)17/h3-6,8-12H,7H2. The smallest absolute Gasteiger partial charge is 0.0362 e. The Morgan fingerprint density at radius 3 is 1.88 bits per heavy atom. The molecule has 0 aliphatic rings. The predicted octanol–water partition coefficient (Wildman–Crippen LogP) is 4.13. The minimum atomic E-state index is 0.571. The Morgan fingerprint density at radius 2 is 1.35 bits per heavy atom. The number of hydrogen-bond acceptors (Lipinski definition) is 0. The molecule has 0 unspecified atom stereocenters. The Kier molecular flexibility index (Phi) is 2.31. The van der Waals surface area contributed by atoms with Crippen LogP contribution < -0.4 is 0 Å². The molecular formula is C17H11. The van der Waals surface area contributed by atoms with E-state index in [1.165, 1.54) is 27.1 Å². The average molecular weight is 215 g/mol. The molecular weight excluding hydrogens is 204 g/mol. The summed E-state index contributed by atoms with van der Waals surface area (Å²) in [5, 5.41) is 4.92. The Morgan fingerprint density at radius 1 is 0.824 bits per heavy atom. The molecule has 0 heterocycles. The molecule has 0 aromatic heterocycles. The van der Waals surface area contributed by atoms with E-state index in [1.807, 2.05) is 12.1 Å². The normalized spacial score (nSPS) is 10.5. The van der Waals surface area contributed by atoms with Crippen molar-refractivity contribution in [3.05, 3.63) is 66.6 Å². The molecule has 0 nitrogen and oxygen atoms in total. The highest BCUT2D eigenvalue weighted by Gasteiger charge is 2.05. The molecule has 0 spiro atoms. The van der Waals surface area contributed by atoms with Crippen molar-refractivity contribution in [2.75, 3.05) is 0 Å². The van der Waals surface area contributed by atoms with Gasteiger partial charge in [0.25, 0.3) is 0 Å². The lowest BCUT2D eigenvalue weighted by Gasteiger charge is -2.08. The van der Waals surface area contributed by atoms with Crippen LogP contribution in [-0.4, -0.2) is 0 Å². The van der Waals surface area contributed by atoms with Crippen LogP contribution in [0.5, 0.6) is 0 Å². The summed E-state index contributed by atoms with van der Waals surface area (Å²) in [4.78, 5) is 0. The fourth-order valence-corrected chi connectivity index (χ4v) is 2.39. The first kappa shape index (κ1) is 9.93. The molecule has 3 aromatic rings. The molecule has 0 atom stereocenters. The molecule has 0 aliphatic heterocycles. The summed E-state index contributed by atoms with van der Waals surface area (Å²) < 4.78 is 0. The first-order valence-electron chi connectivity index (χ1n) is 5.69. The summed E-state index contributed by atoms with van der Waals surface area (Å²) in [7, 11) is 0. The molecule has 1 radical (unpaired) electrons. The molecule has 3 rings (SSSR count). The lowest BCUT2D eigenvalue weighted by Crippen LogP contribution is -1.88. The topological polar surface area (TPSA) is 0 Å². The number of benzene rings is 3. The second kappa shape index (κ2) is 3.96. The van der Waals surface area contributed by atoms with Crippen LogP contribution in [0.3, 0.4) is 0 Å². The third kappa shape index (κ3) is 1.57. The molecule has 0 aliphatic carbocycles. The van der Waals surface area contributed by atoms with Gasteiger partial charge in [0, 0.05) is 6.42 Å². The van der Waals surface area contributed by atoms with Gasteiger partial charge < -0.3 is 0 Å². The third-order valence-electron chi connectivity index (χ3n) is 3.15. The van der Waals surface area contributed by atoms with E-state index in [9.17, 15) is 0 Å². The zero-order chi connectivity index (χ0) is 11.7. The van der Waals surface area contributed by atoms with Gasteiger partial charge in [0.15, 0.2) is 0 Å². The minimum absolute atomic E-state index is 0.571. The SMILES string of the molecule is [C]#CCc1c2ccccc2cc2ccccc12. The van der Waals surface area contributed by atoms with Gasteiger partial charge in [0.2, 0.25) is 0 Å². The van der Waals surface area contributed by atoms with Crippen LogP contribution in [0.2, 0.25) is 0 Å². The van der Waals surface area contributed by atoms with E-state index in [0.717, 1.165) is 0 Å². The highest BCUT2D eigenvalue weighted by atomic mass is 14.1. The van der Waals surface area contributed by atoms with Crippen molar-refractivity contribution in [1.29, 1.82) is 0 Å². The summed E-state index contributed by atoms with van der Waals surface area (Å²) in [5.74, 6) is 2.52. The van der Waals surface area contributed by atoms with Gasteiger partial charge in [-0.1, -0.05) is 54.5 Å². The number of rotatable bonds is 1. The van der Waals surface area contributed by atoms with Gasteiger partial charge in [-0.15, -0.1) is 0 Å². The van der Waals surface area contributed by atoms with Crippen LogP contribution in [0, 0.1) is 12.3 Å². The van der Waals surface area contributed by atoms with Crippen molar-refractivity contribution in [2.24, 2.45) is 0 Å². The largest absolute Gasteiger partial charge is 0.0843 e. The van der Waals surface area contributed by atoms with Crippen LogP contribution in [-0.2, 0) is 6.42 Å². The van der Waals surface area contributed by atoms with Gasteiger partial charge in [-0.2, -0.15) is 0 Å². The summed E-state index contributed by atoms with van der Waals surface area (Å²) in [6.07, 6.45) is 7.81. The van der Waals surface area contributed by atoms with E-state index in [-0.39, 0.29) is 0 Å². The predicted molar refractivity (Wildman–Crippen MR) is 72.3 cm³/mol. The van der Waals surface area contributed by atoms with Gasteiger partial charge >= 0.3 is 0 Å². The maximum Gasteiger partial charge on any atom is 0.0362 e. The van der Waals surface area contributed by atoms with Crippen molar-refractivity contribution in [1.82, 2.24) is 0 Å². The molecule has 0 N–H and O–H groups in total. The molecule has 3 aromatic carbocycles. The van der Waals surface area contributed by atoms with E-state index in [0.29, 0.717) is 6.42 Å². The zero-order valence-corrected chi connectivity index (χ0v) is 9.40. The Hall–Kier alpha value is -2.26. The summed E-state index contributed by atoms with van der Waals surface area (Å²) >= 11 is 0. The van der Waals surface area contributed by atoms with Gasteiger partial charge in [0.1, 0.15) is 0 Å². The first-order valence-corrected chi connectivity index (χ1v) is 5.69. The van der Waals surface area contributed by atoms with Crippen molar-refractivity contribution in [3.8, 4) is 5.92 Å². The summed E-state index contributed by atoms with van der Waals surface area (Å²) in [6, 6.07) is 18.9. The van der Waals surface area contributed by atoms with Crippen LogP contribution in [0.4, 0.5) is 0 Å².